The zero-order chi connectivity index (χ0) is 10.5. The van der Waals surface area contributed by atoms with Gasteiger partial charge in [0.1, 0.15) is 5.60 Å². The Labute approximate surface area is 94.0 Å². The Morgan fingerprint density at radius 2 is 2.00 bits per heavy atom. The molecule has 0 atom stereocenters. The van der Waals surface area contributed by atoms with Gasteiger partial charge in [0.2, 0.25) is 0 Å². The topological polar surface area (TPSA) is 29.5 Å². The van der Waals surface area contributed by atoms with Crippen LogP contribution in [-0.2, 0) is 4.74 Å². The third kappa shape index (κ3) is 7.10. The lowest BCUT2D eigenvalue weighted by Gasteiger charge is -2.24. The Bertz CT molecular complexity index is 165. The first kappa shape index (κ1) is 13.0. The van der Waals surface area contributed by atoms with Crippen LogP contribution in [0.4, 0.5) is 4.79 Å². The van der Waals surface area contributed by atoms with Crippen LogP contribution in [0.3, 0.4) is 0 Å². The third-order valence-corrected chi connectivity index (χ3v) is 2.10. The Balaban J connectivity index is 3.83. The summed E-state index contributed by atoms with van der Waals surface area (Å²) >= 11 is 2.29. The van der Waals surface area contributed by atoms with Gasteiger partial charge in [0.25, 0.3) is 0 Å². The zero-order valence-corrected chi connectivity index (χ0v) is 10.9. The van der Waals surface area contributed by atoms with Crippen molar-refractivity contribution < 1.29 is 9.53 Å². The van der Waals surface area contributed by atoms with Gasteiger partial charge in [-0.2, -0.15) is 0 Å². The molecule has 0 unspecified atom stereocenters. The average Bonchev–Trinajstić information content (AvgIpc) is 1.96. The van der Waals surface area contributed by atoms with Gasteiger partial charge in [0.15, 0.2) is 0 Å². The molecule has 13 heavy (non-hydrogen) atoms. The minimum atomic E-state index is -0.393. The maximum Gasteiger partial charge on any atom is 0.410 e. The molecule has 0 aromatic heterocycles. The SMILES string of the molecule is CN(CCCI)C(=O)OC(C)(C)C. The minimum Gasteiger partial charge on any atom is -0.444 e. The van der Waals surface area contributed by atoms with Crippen molar-refractivity contribution in [3.8, 4) is 0 Å². The van der Waals surface area contributed by atoms with E-state index in [-0.39, 0.29) is 6.09 Å². The van der Waals surface area contributed by atoms with Gasteiger partial charge in [-0.25, -0.2) is 4.79 Å². The van der Waals surface area contributed by atoms with Crippen molar-refractivity contribution in [2.45, 2.75) is 32.8 Å². The van der Waals surface area contributed by atoms with E-state index in [4.69, 9.17) is 4.74 Å². The van der Waals surface area contributed by atoms with Gasteiger partial charge in [-0.15, -0.1) is 0 Å². The van der Waals surface area contributed by atoms with Crippen molar-refractivity contribution in [1.29, 1.82) is 0 Å². The van der Waals surface area contributed by atoms with Crippen molar-refractivity contribution in [3.63, 3.8) is 0 Å². The summed E-state index contributed by atoms with van der Waals surface area (Å²) in [7, 11) is 1.76. The van der Waals surface area contributed by atoms with Gasteiger partial charge in [-0.05, 0) is 27.2 Å². The summed E-state index contributed by atoms with van der Waals surface area (Å²) in [6.45, 7) is 6.38. The number of nitrogens with zero attached hydrogens (tertiary/aromatic N) is 1. The molecular weight excluding hydrogens is 281 g/mol. The second-order valence-corrected chi connectivity index (χ2v) is 5.02. The predicted octanol–water partition coefficient (Wildman–Crippen LogP) is 2.68. The lowest BCUT2D eigenvalue weighted by atomic mass is 10.2. The molecule has 4 heteroatoms. The Hall–Kier alpha value is 0. The molecule has 0 aromatic rings. The highest BCUT2D eigenvalue weighted by Crippen LogP contribution is 2.09. The van der Waals surface area contributed by atoms with Crippen LogP contribution in [-0.4, -0.2) is 34.6 Å². The first-order valence-electron chi connectivity index (χ1n) is 4.37. The molecule has 0 fully saturated rings. The van der Waals surface area contributed by atoms with Gasteiger partial charge >= 0.3 is 6.09 Å². The van der Waals surface area contributed by atoms with Gasteiger partial charge in [0.05, 0.1) is 0 Å². The highest BCUT2D eigenvalue weighted by atomic mass is 127. The fraction of sp³-hybridized carbons (Fsp3) is 0.889. The summed E-state index contributed by atoms with van der Waals surface area (Å²) in [5, 5.41) is 0. The normalized spacial score (nSPS) is 11.2. The van der Waals surface area contributed by atoms with Crippen LogP contribution in [0.1, 0.15) is 27.2 Å². The van der Waals surface area contributed by atoms with Crippen molar-refractivity contribution in [1.82, 2.24) is 4.90 Å². The van der Waals surface area contributed by atoms with Gasteiger partial charge in [-0.3, -0.25) is 0 Å². The number of rotatable bonds is 3. The molecule has 0 saturated heterocycles. The maximum absolute atomic E-state index is 11.4. The predicted molar refractivity (Wildman–Crippen MR) is 62.4 cm³/mol. The van der Waals surface area contributed by atoms with Crippen molar-refractivity contribution in [2.24, 2.45) is 0 Å². The van der Waals surface area contributed by atoms with Gasteiger partial charge in [0, 0.05) is 18.0 Å². The zero-order valence-electron chi connectivity index (χ0n) is 8.76. The highest BCUT2D eigenvalue weighted by Gasteiger charge is 2.18. The van der Waals surface area contributed by atoms with Crippen LogP contribution < -0.4 is 0 Å². The number of amides is 1. The lowest BCUT2D eigenvalue weighted by molar-refractivity contribution is 0.0300. The molecule has 0 aliphatic carbocycles. The van der Waals surface area contributed by atoms with E-state index < -0.39 is 5.60 Å². The second-order valence-electron chi connectivity index (χ2n) is 3.94. The molecule has 3 nitrogen and oxygen atoms in total. The number of carbonyl (C=O) groups excluding carboxylic acids is 1. The van der Waals surface area contributed by atoms with Crippen LogP contribution in [0.5, 0.6) is 0 Å². The molecule has 1 amide bonds. The molecule has 0 heterocycles. The quantitative estimate of drug-likeness (QED) is 0.592. The fourth-order valence-electron chi connectivity index (χ4n) is 0.728. The summed E-state index contributed by atoms with van der Waals surface area (Å²) < 4.78 is 6.24. The lowest BCUT2D eigenvalue weighted by Crippen LogP contribution is -2.34. The number of hydrogen-bond acceptors (Lipinski definition) is 2. The standard InChI is InChI=1S/C9H18INO2/c1-9(2,3)13-8(12)11(4)7-5-6-10/h5-7H2,1-4H3. The van der Waals surface area contributed by atoms with E-state index in [0.29, 0.717) is 0 Å². The Morgan fingerprint density at radius 3 is 2.38 bits per heavy atom. The molecular formula is C9H18INO2. The van der Waals surface area contributed by atoms with E-state index >= 15 is 0 Å². The van der Waals surface area contributed by atoms with Crippen LogP contribution in [0.25, 0.3) is 0 Å². The summed E-state index contributed by atoms with van der Waals surface area (Å²) in [4.78, 5) is 13.0. The molecule has 0 aliphatic rings. The van der Waals surface area contributed by atoms with E-state index in [1.807, 2.05) is 20.8 Å². The molecule has 78 valence electrons. The Kier molecular flexibility index (Phi) is 5.67. The van der Waals surface area contributed by atoms with E-state index in [1.54, 1.807) is 11.9 Å². The second kappa shape index (κ2) is 5.67. The number of alkyl halides is 1. The third-order valence-electron chi connectivity index (χ3n) is 1.33. The largest absolute Gasteiger partial charge is 0.444 e. The van der Waals surface area contributed by atoms with E-state index in [2.05, 4.69) is 22.6 Å². The summed E-state index contributed by atoms with van der Waals surface area (Å²) in [5.41, 5.74) is -0.393. The molecule has 0 spiro atoms. The molecule has 0 N–H and O–H groups in total. The minimum absolute atomic E-state index is 0.239. The Morgan fingerprint density at radius 1 is 1.46 bits per heavy atom. The average molecular weight is 299 g/mol. The van der Waals surface area contributed by atoms with E-state index in [1.165, 1.54) is 0 Å². The highest BCUT2D eigenvalue weighted by molar-refractivity contribution is 14.1. The van der Waals surface area contributed by atoms with Gasteiger partial charge < -0.3 is 9.64 Å². The van der Waals surface area contributed by atoms with Crippen molar-refractivity contribution >= 4 is 28.7 Å². The smallest absolute Gasteiger partial charge is 0.410 e. The van der Waals surface area contributed by atoms with Crippen molar-refractivity contribution in [3.05, 3.63) is 0 Å². The number of halogens is 1. The molecule has 0 radical (unpaired) electrons. The summed E-state index contributed by atoms with van der Waals surface area (Å²) in [5.74, 6) is 0. The van der Waals surface area contributed by atoms with Crippen LogP contribution in [0.2, 0.25) is 0 Å². The maximum atomic E-state index is 11.4. The molecule has 0 bridgehead atoms. The first-order valence-corrected chi connectivity index (χ1v) is 5.89. The summed E-state index contributed by atoms with van der Waals surface area (Å²) in [6, 6.07) is 0. The number of carbonyl (C=O) groups is 1. The van der Waals surface area contributed by atoms with Crippen LogP contribution >= 0.6 is 22.6 Å². The first-order chi connectivity index (χ1) is 5.87. The van der Waals surface area contributed by atoms with E-state index in [9.17, 15) is 4.79 Å². The monoisotopic (exact) mass is 299 g/mol. The van der Waals surface area contributed by atoms with E-state index in [0.717, 1.165) is 17.4 Å². The molecule has 0 saturated carbocycles. The fourth-order valence-corrected chi connectivity index (χ4v) is 1.07. The molecule has 0 aromatic carbocycles. The molecule has 0 aliphatic heterocycles. The number of ether oxygens (including phenoxy) is 1. The van der Waals surface area contributed by atoms with Crippen molar-refractivity contribution in [2.75, 3.05) is 18.0 Å². The van der Waals surface area contributed by atoms with Gasteiger partial charge in [-0.1, -0.05) is 22.6 Å². The molecule has 0 rings (SSSR count). The number of hydrogen-bond donors (Lipinski definition) is 0. The van der Waals surface area contributed by atoms with Crippen LogP contribution in [0, 0.1) is 0 Å². The van der Waals surface area contributed by atoms with Crippen LogP contribution in [0.15, 0.2) is 0 Å². The summed E-state index contributed by atoms with van der Waals surface area (Å²) in [6.07, 6.45) is 0.772.